The average Bonchev–Trinajstić information content (AvgIpc) is 2.48. The van der Waals surface area contributed by atoms with Crippen LogP contribution in [0.15, 0.2) is 48.5 Å². The topological polar surface area (TPSA) is 17.1 Å². The Morgan fingerprint density at radius 2 is 1.50 bits per heavy atom. The third-order valence-electron chi connectivity index (χ3n) is 4.35. The van der Waals surface area contributed by atoms with Crippen molar-refractivity contribution < 1.29 is 4.79 Å². The lowest BCUT2D eigenvalue weighted by molar-refractivity contribution is -0.127. The molecule has 0 amide bonds. The highest BCUT2D eigenvalue weighted by molar-refractivity contribution is 5.92. The van der Waals surface area contributed by atoms with Gasteiger partial charge in [-0.2, -0.15) is 0 Å². The van der Waals surface area contributed by atoms with Crippen LogP contribution in [0, 0.1) is 5.41 Å². The Labute approximate surface area is 132 Å². The largest absolute Gasteiger partial charge is 0.298 e. The van der Waals surface area contributed by atoms with Crippen molar-refractivity contribution in [2.75, 3.05) is 0 Å². The molecule has 0 N–H and O–H groups in total. The molecule has 0 aromatic heterocycles. The highest BCUT2D eigenvalue weighted by atomic mass is 16.1. The monoisotopic (exact) mass is 290 g/mol. The number of carbonyl (C=O) groups is 1. The van der Waals surface area contributed by atoms with Gasteiger partial charge >= 0.3 is 0 Å². The molecule has 1 atom stereocenters. The number of hydrogen-bond donors (Lipinski definition) is 0. The minimum Gasteiger partial charge on any atom is -0.298 e. The zero-order valence-corrected chi connectivity index (χ0v) is 13.5. The van der Waals surface area contributed by atoms with E-state index >= 15 is 0 Å². The predicted octanol–water partition coefficient (Wildman–Crippen LogP) is 5.11. The van der Waals surface area contributed by atoms with Crippen molar-refractivity contribution in [3.05, 3.63) is 70.8 Å². The lowest BCUT2D eigenvalue weighted by Crippen LogP contribution is -2.29. The Kier molecular flexibility index (Phi) is 3.74. The molecule has 1 aliphatic rings. The molecule has 0 bridgehead atoms. The van der Waals surface area contributed by atoms with Crippen LogP contribution in [0.3, 0.4) is 0 Å². The maximum Gasteiger partial charge on any atom is 0.145 e. The highest BCUT2D eigenvalue weighted by Crippen LogP contribution is 2.35. The molecule has 0 radical (unpaired) electrons. The molecule has 3 rings (SSSR count). The minimum atomic E-state index is -0.338. The van der Waals surface area contributed by atoms with E-state index in [1.807, 2.05) is 32.9 Å². The fraction of sp³-hybridized carbons (Fsp3) is 0.286. The normalized spacial score (nSPS) is 18.6. The van der Waals surface area contributed by atoms with Crippen LogP contribution in [0.25, 0.3) is 12.2 Å². The molecular formula is C21H22O. The van der Waals surface area contributed by atoms with Gasteiger partial charge in [-0.25, -0.2) is 0 Å². The molecule has 112 valence electrons. The highest BCUT2D eigenvalue weighted by Gasteiger charge is 2.32. The molecule has 0 saturated carbocycles. The molecule has 2 aromatic carbocycles. The van der Waals surface area contributed by atoms with Gasteiger partial charge in [0.2, 0.25) is 0 Å². The second-order valence-corrected chi connectivity index (χ2v) is 7.03. The van der Waals surface area contributed by atoms with Crippen molar-refractivity contribution in [2.45, 2.75) is 33.1 Å². The third-order valence-corrected chi connectivity index (χ3v) is 4.35. The lowest BCUT2D eigenvalue weighted by atomic mass is 9.75. The van der Waals surface area contributed by atoms with Gasteiger partial charge < -0.3 is 0 Å². The Morgan fingerprint density at radius 1 is 0.909 bits per heavy atom. The molecule has 2 aromatic rings. The molecule has 0 saturated heterocycles. The Bertz CT molecular complexity index is 732. The van der Waals surface area contributed by atoms with E-state index < -0.39 is 0 Å². The van der Waals surface area contributed by atoms with Crippen LogP contribution in [0.1, 0.15) is 48.9 Å². The summed E-state index contributed by atoms with van der Waals surface area (Å²) in [4.78, 5) is 13.0. The molecule has 22 heavy (non-hydrogen) atoms. The number of Topliss-reactive ketones (excluding diaryl/α,β-unsaturated/α-hetero) is 1. The minimum absolute atomic E-state index is 0.0812. The summed E-state index contributed by atoms with van der Waals surface area (Å²) in [6.45, 7) is 6.04. The van der Waals surface area contributed by atoms with E-state index in [1.54, 1.807) is 0 Å². The van der Waals surface area contributed by atoms with Crippen molar-refractivity contribution in [2.24, 2.45) is 5.41 Å². The summed E-state index contributed by atoms with van der Waals surface area (Å²) >= 11 is 0. The SMILES string of the molecule is CC(C)(C)C(=O)C1Cc2ccccc2/C=C\c2ccccc21. The fourth-order valence-corrected chi connectivity index (χ4v) is 3.13. The number of hydrogen-bond acceptors (Lipinski definition) is 1. The molecule has 0 aliphatic heterocycles. The van der Waals surface area contributed by atoms with Crippen LogP contribution in [-0.2, 0) is 11.2 Å². The van der Waals surface area contributed by atoms with Gasteiger partial charge in [0.05, 0.1) is 0 Å². The zero-order valence-electron chi connectivity index (χ0n) is 13.5. The van der Waals surface area contributed by atoms with Crippen LogP contribution in [0.4, 0.5) is 0 Å². The quantitative estimate of drug-likeness (QED) is 0.713. The van der Waals surface area contributed by atoms with Crippen LogP contribution in [-0.4, -0.2) is 5.78 Å². The molecule has 0 spiro atoms. The first-order chi connectivity index (χ1) is 10.5. The molecule has 0 heterocycles. The van der Waals surface area contributed by atoms with Crippen LogP contribution in [0.5, 0.6) is 0 Å². The van der Waals surface area contributed by atoms with Crippen LogP contribution in [0.2, 0.25) is 0 Å². The molecule has 1 nitrogen and oxygen atoms in total. The number of ketones is 1. The standard InChI is InChI=1S/C21H22O/c1-21(2,3)20(22)19-14-17-10-5-4-8-15(17)12-13-16-9-6-7-11-18(16)19/h4-13,19H,14H2,1-3H3/b13-12-. The smallest absolute Gasteiger partial charge is 0.145 e. The van der Waals surface area contributed by atoms with Gasteiger partial charge in [-0.1, -0.05) is 81.5 Å². The van der Waals surface area contributed by atoms with Gasteiger partial charge in [0, 0.05) is 11.3 Å². The zero-order chi connectivity index (χ0) is 15.7. The molecule has 1 unspecified atom stereocenters. The number of fused-ring (bicyclic) bond motifs is 2. The summed E-state index contributed by atoms with van der Waals surface area (Å²) < 4.78 is 0. The van der Waals surface area contributed by atoms with E-state index in [4.69, 9.17) is 0 Å². The summed E-state index contributed by atoms with van der Waals surface area (Å²) in [5, 5.41) is 0. The van der Waals surface area contributed by atoms with E-state index in [0.717, 1.165) is 17.5 Å². The first-order valence-electron chi connectivity index (χ1n) is 7.86. The summed E-state index contributed by atoms with van der Waals surface area (Å²) in [5.74, 6) is 0.229. The lowest BCUT2D eigenvalue weighted by Gasteiger charge is -2.27. The molecule has 1 aliphatic carbocycles. The number of rotatable bonds is 1. The second-order valence-electron chi connectivity index (χ2n) is 7.03. The van der Waals surface area contributed by atoms with E-state index in [1.165, 1.54) is 11.1 Å². The third kappa shape index (κ3) is 2.76. The van der Waals surface area contributed by atoms with E-state index in [-0.39, 0.29) is 11.3 Å². The summed E-state index contributed by atoms with van der Waals surface area (Å²) in [5.41, 5.74) is 4.42. The summed E-state index contributed by atoms with van der Waals surface area (Å²) in [7, 11) is 0. The van der Waals surface area contributed by atoms with Gasteiger partial charge in [0.15, 0.2) is 0 Å². The van der Waals surface area contributed by atoms with E-state index in [9.17, 15) is 4.79 Å². The first kappa shape index (κ1) is 14.8. The number of carbonyl (C=O) groups excluding carboxylic acids is 1. The van der Waals surface area contributed by atoms with Crippen molar-refractivity contribution in [3.63, 3.8) is 0 Å². The van der Waals surface area contributed by atoms with E-state index in [0.29, 0.717) is 5.78 Å². The van der Waals surface area contributed by atoms with Crippen molar-refractivity contribution in [3.8, 4) is 0 Å². The first-order valence-corrected chi connectivity index (χ1v) is 7.86. The van der Waals surface area contributed by atoms with Gasteiger partial charge in [-0.3, -0.25) is 4.79 Å². The van der Waals surface area contributed by atoms with Crippen LogP contribution < -0.4 is 0 Å². The van der Waals surface area contributed by atoms with Crippen LogP contribution >= 0.6 is 0 Å². The summed E-state index contributed by atoms with van der Waals surface area (Å²) in [6, 6.07) is 16.6. The molecule has 1 heteroatoms. The van der Waals surface area contributed by atoms with Crippen molar-refractivity contribution in [1.82, 2.24) is 0 Å². The maximum absolute atomic E-state index is 13.0. The Balaban J connectivity index is 2.17. The van der Waals surface area contributed by atoms with E-state index in [2.05, 4.69) is 48.6 Å². The van der Waals surface area contributed by atoms with Gasteiger partial charge in [-0.15, -0.1) is 0 Å². The van der Waals surface area contributed by atoms with Gasteiger partial charge in [0.25, 0.3) is 0 Å². The van der Waals surface area contributed by atoms with Crippen molar-refractivity contribution >= 4 is 17.9 Å². The Hall–Kier alpha value is -2.15. The number of benzene rings is 2. The maximum atomic E-state index is 13.0. The van der Waals surface area contributed by atoms with Gasteiger partial charge in [-0.05, 0) is 28.7 Å². The second kappa shape index (κ2) is 5.57. The average molecular weight is 290 g/mol. The van der Waals surface area contributed by atoms with Crippen molar-refractivity contribution in [1.29, 1.82) is 0 Å². The summed E-state index contributed by atoms with van der Waals surface area (Å²) in [6.07, 6.45) is 5.07. The fourth-order valence-electron chi connectivity index (χ4n) is 3.13. The van der Waals surface area contributed by atoms with Gasteiger partial charge in [0.1, 0.15) is 5.78 Å². The predicted molar refractivity (Wildman–Crippen MR) is 92.7 cm³/mol. The molecular weight excluding hydrogens is 268 g/mol. The molecule has 0 fully saturated rings. The Morgan fingerprint density at radius 3 is 2.23 bits per heavy atom.